The summed E-state index contributed by atoms with van der Waals surface area (Å²) in [6, 6.07) is 0. The molecule has 0 fully saturated rings. The first-order valence-electron chi connectivity index (χ1n) is 5.36. The van der Waals surface area contributed by atoms with Crippen LogP contribution in [0.5, 0.6) is 0 Å². The van der Waals surface area contributed by atoms with Crippen molar-refractivity contribution in [3.8, 4) is 0 Å². The Balaban J connectivity index is 3.71. The van der Waals surface area contributed by atoms with E-state index in [-0.39, 0.29) is 10.6 Å². The molecular formula is C11H22NO3+. The Morgan fingerprint density at radius 3 is 2.33 bits per heavy atom. The van der Waals surface area contributed by atoms with E-state index in [2.05, 4.69) is 6.58 Å². The van der Waals surface area contributed by atoms with E-state index in [0.717, 1.165) is 0 Å². The van der Waals surface area contributed by atoms with Gasteiger partial charge in [0.2, 0.25) is 0 Å². The van der Waals surface area contributed by atoms with Gasteiger partial charge in [0.05, 0.1) is 6.61 Å². The molecule has 0 aromatic carbocycles. The molecule has 0 bridgehead atoms. The van der Waals surface area contributed by atoms with Gasteiger partial charge in [0.15, 0.2) is 0 Å². The smallest absolute Gasteiger partial charge is 0.333 e. The maximum absolute atomic E-state index is 11.0. The fourth-order valence-corrected chi connectivity index (χ4v) is 1.19. The molecule has 0 rings (SSSR count). The van der Waals surface area contributed by atoms with Crippen LogP contribution < -0.4 is 0 Å². The normalized spacial score (nSPS) is 11.2. The Labute approximate surface area is 91.7 Å². The molecule has 0 aliphatic carbocycles. The lowest BCUT2D eigenvalue weighted by molar-refractivity contribution is -1.10. The third kappa shape index (κ3) is 5.54. The van der Waals surface area contributed by atoms with Crippen molar-refractivity contribution >= 4 is 5.97 Å². The summed E-state index contributed by atoms with van der Waals surface area (Å²) in [6.07, 6.45) is 0.664. The number of rotatable bonds is 7. The van der Waals surface area contributed by atoms with Crippen molar-refractivity contribution in [2.75, 3.05) is 26.2 Å². The number of nitrogens with zero attached hydrogens (tertiary/aromatic N) is 1. The minimum absolute atomic E-state index is 0.0324. The van der Waals surface area contributed by atoms with Crippen LogP contribution in [-0.4, -0.2) is 42.1 Å². The minimum Gasteiger partial charge on any atom is -0.462 e. The number of hydrogen-bond acceptors (Lipinski definition) is 3. The molecule has 0 radical (unpaired) electrons. The second-order valence-corrected chi connectivity index (χ2v) is 3.72. The van der Waals surface area contributed by atoms with E-state index in [1.807, 2.05) is 13.8 Å². The summed E-state index contributed by atoms with van der Waals surface area (Å²) in [5, 5.41) is 9.88. The van der Waals surface area contributed by atoms with E-state index >= 15 is 0 Å². The number of carbonyl (C=O) groups is 1. The van der Waals surface area contributed by atoms with Crippen LogP contribution in [0.25, 0.3) is 0 Å². The average Bonchev–Trinajstić information content (AvgIpc) is 2.23. The highest BCUT2D eigenvalue weighted by Gasteiger charge is 2.19. The number of esters is 1. The van der Waals surface area contributed by atoms with Gasteiger partial charge in [-0.3, -0.25) is 0 Å². The topological polar surface area (TPSA) is 46.5 Å². The molecule has 0 spiro atoms. The predicted molar refractivity (Wildman–Crippen MR) is 58.4 cm³/mol. The standard InChI is InChI=1S/C11H22NO3/c1-5-12(14,6-2)8-7-9-15-11(13)10(3)4/h14H,3,5-9H2,1-2,4H3/q+1. The maximum Gasteiger partial charge on any atom is 0.333 e. The van der Waals surface area contributed by atoms with Crippen molar-refractivity contribution in [2.24, 2.45) is 0 Å². The van der Waals surface area contributed by atoms with Gasteiger partial charge in [-0.1, -0.05) is 6.58 Å². The van der Waals surface area contributed by atoms with Gasteiger partial charge in [0, 0.05) is 12.0 Å². The van der Waals surface area contributed by atoms with E-state index in [4.69, 9.17) is 4.74 Å². The molecule has 0 unspecified atom stereocenters. The minimum atomic E-state index is -0.362. The van der Waals surface area contributed by atoms with Crippen molar-refractivity contribution in [3.05, 3.63) is 12.2 Å². The molecule has 0 aromatic rings. The van der Waals surface area contributed by atoms with Crippen molar-refractivity contribution in [2.45, 2.75) is 27.2 Å². The SMILES string of the molecule is C=C(C)C(=O)OCCC[N+](O)(CC)CC. The molecule has 1 N–H and O–H groups in total. The molecule has 0 saturated heterocycles. The fraction of sp³-hybridized carbons (Fsp3) is 0.727. The molecular weight excluding hydrogens is 194 g/mol. The molecule has 88 valence electrons. The van der Waals surface area contributed by atoms with E-state index in [9.17, 15) is 10.0 Å². The summed E-state index contributed by atoms with van der Waals surface area (Å²) in [7, 11) is 0. The van der Waals surface area contributed by atoms with Crippen molar-refractivity contribution in [1.82, 2.24) is 0 Å². The van der Waals surface area contributed by atoms with Gasteiger partial charge >= 0.3 is 5.97 Å². The second-order valence-electron chi connectivity index (χ2n) is 3.72. The second kappa shape index (κ2) is 6.58. The number of hydroxylamine groups is 3. The summed E-state index contributed by atoms with van der Waals surface area (Å²) in [5.74, 6) is -0.362. The summed E-state index contributed by atoms with van der Waals surface area (Å²) in [5.41, 5.74) is 0.408. The lowest BCUT2D eigenvalue weighted by Gasteiger charge is -2.27. The highest BCUT2D eigenvalue weighted by atomic mass is 16.5. The number of hydrogen-bond donors (Lipinski definition) is 1. The predicted octanol–water partition coefficient (Wildman–Crippen LogP) is 1.74. The van der Waals surface area contributed by atoms with Crippen LogP contribution >= 0.6 is 0 Å². The summed E-state index contributed by atoms with van der Waals surface area (Å²) in [4.78, 5) is 11.0. The zero-order chi connectivity index (χ0) is 11.9. The zero-order valence-electron chi connectivity index (χ0n) is 9.95. The van der Waals surface area contributed by atoms with Crippen LogP contribution in [0.15, 0.2) is 12.2 Å². The van der Waals surface area contributed by atoms with Gasteiger partial charge in [-0.2, -0.15) is 4.65 Å². The summed E-state index contributed by atoms with van der Waals surface area (Å²) < 4.78 is 4.96. The zero-order valence-corrected chi connectivity index (χ0v) is 9.95. The fourth-order valence-electron chi connectivity index (χ4n) is 1.19. The quantitative estimate of drug-likeness (QED) is 0.232. The van der Waals surface area contributed by atoms with Gasteiger partial charge in [-0.15, -0.1) is 0 Å². The molecule has 0 amide bonds. The summed E-state index contributed by atoms with van der Waals surface area (Å²) >= 11 is 0. The Bertz CT molecular complexity index is 222. The highest BCUT2D eigenvalue weighted by molar-refractivity contribution is 5.86. The summed E-state index contributed by atoms with van der Waals surface area (Å²) in [6.45, 7) is 11.3. The van der Waals surface area contributed by atoms with Crippen molar-refractivity contribution < 1.29 is 19.4 Å². The lowest BCUT2D eigenvalue weighted by atomic mass is 10.3. The van der Waals surface area contributed by atoms with Crippen LogP contribution in [0.3, 0.4) is 0 Å². The third-order valence-electron chi connectivity index (χ3n) is 2.48. The molecule has 4 nitrogen and oxygen atoms in total. The van der Waals surface area contributed by atoms with Crippen molar-refractivity contribution in [1.29, 1.82) is 0 Å². The van der Waals surface area contributed by atoms with Gasteiger partial charge in [-0.25, -0.2) is 10.0 Å². The molecule has 0 aliphatic heterocycles. The molecule has 15 heavy (non-hydrogen) atoms. The van der Waals surface area contributed by atoms with Gasteiger partial charge in [0.25, 0.3) is 0 Å². The van der Waals surface area contributed by atoms with Crippen LogP contribution in [0, 0.1) is 0 Å². The van der Waals surface area contributed by atoms with Crippen LogP contribution in [0.4, 0.5) is 0 Å². The average molecular weight is 216 g/mol. The first kappa shape index (κ1) is 14.1. The van der Waals surface area contributed by atoms with Crippen LogP contribution in [0.1, 0.15) is 27.2 Å². The van der Waals surface area contributed by atoms with Gasteiger partial charge < -0.3 is 4.74 Å². The first-order chi connectivity index (χ1) is 6.95. The molecule has 0 aliphatic rings. The van der Waals surface area contributed by atoms with E-state index in [1.165, 1.54) is 0 Å². The largest absolute Gasteiger partial charge is 0.462 e. The lowest BCUT2D eigenvalue weighted by Crippen LogP contribution is -2.45. The number of carbonyl (C=O) groups excluding carboxylic acids is 1. The Morgan fingerprint density at radius 2 is 1.93 bits per heavy atom. The van der Waals surface area contributed by atoms with E-state index < -0.39 is 0 Å². The monoisotopic (exact) mass is 216 g/mol. The molecule has 0 aromatic heterocycles. The Morgan fingerprint density at radius 1 is 1.40 bits per heavy atom. The highest BCUT2D eigenvalue weighted by Crippen LogP contribution is 2.03. The molecule has 0 heterocycles. The van der Waals surface area contributed by atoms with Gasteiger partial charge in [-0.05, 0) is 20.8 Å². The maximum atomic E-state index is 11.0. The number of ether oxygens (including phenoxy) is 1. The number of quaternary nitrogens is 1. The molecule has 0 atom stereocenters. The van der Waals surface area contributed by atoms with E-state index in [0.29, 0.717) is 38.2 Å². The van der Waals surface area contributed by atoms with Gasteiger partial charge in [0.1, 0.15) is 19.6 Å². The Hall–Kier alpha value is -0.870. The van der Waals surface area contributed by atoms with Crippen LogP contribution in [0.2, 0.25) is 0 Å². The third-order valence-corrected chi connectivity index (χ3v) is 2.48. The molecule has 4 heteroatoms. The molecule has 0 saturated carbocycles. The van der Waals surface area contributed by atoms with Crippen LogP contribution in [-0.2, 0) is 9.53 Å². The Kier molecular flexibility index (Phi) is 6.20. The van der Waals surface area contributed by atoms with E-state index in [1.54, 1.807) is 6.92 Å². The van der Waals surface area contributed by atoms with Crippen molar-refractivity contribution in [3.63, 3.8) is 0 Å². The first-order valence-corrected chi connectivity index (χ1v) is 5.36.